The third-order valence-corrected chi connectivity index (χ3v) is 2.96. The third kappa shape index (κ3) is 1.74. The number of likely N-dealkylation sites (N-methyl/N-ethyl adjacent to an activating group) is 1. The summed E-state index contributed by atoms with van der Waals surface area (Å²) in [6, 6.07) is 0.617. The minimum Gasteiger partial charge on any atom is -0.364 e. The van der Waals surface area contributed by atoms with Crippen LogP contribution in [0.4, 0.5) is 0 Å². The maximum atomic E-state index is 5.72. The van der Waals surface area contributed by atoms with Crippen molar-refractivity contribution in [3.8, 4) is 0 Å². The fourth-order valence-corrected chi connectivity index (χ4v) is 1.92. The van der Waals surface area contributed by atoms with Crippen molar-refractivity contribution in [1.82, 2.24) is 0 Å². The monoisotopic (exact) mass is 158 g/mol. The van der Waals surface area contributed by atoms with Crippen molar-refractivity contribution >= 4 is 0 Å². The normalized spacial score (nSPS) is 43.9. The SMILES string of the molecule is CC1C[N+](C)(C)C(C)C(C)O1. The first-order valence-corrected chi connectivity index (χ1v) is 4.41. The minimum atomic E-state index is 0.397. The first-order chi connectivity index (χ1) is 4.93. The van der Waals surface area contributed by atoms with E-state index in [1.54, 1.807) is 0 Å². The molecule has 3 unspecified atom stereocenters. The van der Waals surface area contributed by atoms with Crippen LogP contribution in [0, 0.1) is 0 Å². The summed E-state index contributed by atoms with van der Waals surface area (Å²) in [5.74, 6) is 0. The highest BCUT2D eigenvalue weighted by Gasteiger charge is 2.37. The van der Waals surface area contributed by atoms with Gasteiger partial charge in [0, 0.05) is 0 Å². The first kappa shape index (κ1) is 9.01. The van der Waals surface area contributed by atoms with Gasteiger partial charge in [-0.3, -0.25) is 0 Å². The van der Waals surface area contributed by atoms with Crippen LogP contribution in [0.1, 0.15) is 20.8 Å². The first-order valence-electron chi connectivity index (χ1n) is 4.41. The molecule has 0 saturated carbocycles. The Bertz CT molecular complexity index is 144. The zero-order valence-corrected chi connectivity index (χ0v) is 8.29. The maximum Gasteiger partial charge on any atom is 0.112 e. The van der Waals surface area contributed by atoms with Crippen LogP contribution in [0.25, 0.3) is 0 Å². The van der Waals surface area contributed by atoms with Gasteiger partial charge in [0.1, 0.15) is 24.8 Å². The smallest absolute Gasteiger partial charge is 0.112 e. The summed E-state index contributed by atoms with van der Waals surface area (Å²) in [7, 11) is 4.56. The number of ether oxygens (including phenoxy) is 1. The lowest BCUT2D eigenvalue weighted by molar-refractivity contribution is -0.928. The van der Waals surface area contributed by atoms with Crippen molar-refractivity contribution < 1.29 is 9.22 Å². The third-order valence-electron chi connectivity index (χ3n) is 2.96. The van der Waals surface area contributed by atoms with Crippen LogP contribution in [0.5, 0.6) is 0 Å². The van der Waals surface area contributed by atoms with Gasteiger partial charge in [0.05, 0.1) is 14.1 Å². The molecule has 0 aliphatic carbocycles. The van der Waals surface area contributed by atoms with E-state index >= 15 is 0 Å². The second-order valence-electron chi connectivity index (χ2n) is 4.35. The number of rotatable bonds is 0. The predicted octanol–water partition coefficient (Wildman–Crippen LogP) is 1.26. The molecule has 1 aliphatic heterocycles. The van der Waals surface area contributed by atoms with Crippen molar-refractivity contribution in [1.29, 1.82) is 0 Å². The van der Waals surface area contributed by atoms with Gasteiger partial charge in [-0.25, -0.2) is 0 Å². The van der Waals surface area contributed by atoms with Crippen LogP contribution in [-0.4, -0.2) is 43.4 Å². The zero-order chi connectivity index (χ0) is 8.65. The van der Waals surface area contributed by atoms with Gasteiger partial charge in [-0.15, -0.1) is 0 Å². The summed E-state index contributed by atoms with van der Waals surface area (Å²) >= 11 is 0. The Morgan fingerprint density at radius 2 is 1.73 bits per heavy atom. The van der Waals surface area contributed by atoms with E-state index in [9.17, 15) is 0 Å². The van der Waals surface area contributed by atoms with Crippen molar-refractivity contribution in [3.63, 3.8) is 0 Å². The fraction of sp³-hybridized carbons (Fsp3) is 1.00. The van der Waals surface area contributed by atoms with Crippen LogP contribution in [0.3, 0.4) is 0 Å². The van der Waals surface area contributed by atoms with Crippen LogP contribution in [0.2, 0.25) is 0 Å². The highest BCUT2D eigenvalue weighted by molar-refractivity contribution is 4.69. The average molecular weight is 158 g/mol. The Morgan fingerprint density at radius 1 is 1.18 bits per heavy atom. The Hall–Kier alpha value is -0.0800. The summed E-state index contributed by atoms with van der Waals surface area (Å²) in [4.78, 5) is 0. The van der Waals surface area contributed by atoms with Crippen molar-refractivity contribution in [2.75, 3.05) is 20.6 Å². The lowest BCUT2D eigenvalue weighted by atomic mass is 10.1. The van der Waals surface area contributed by atoms with E-state index in [2.05, 4.69) is 34.9 Å². The van der Waals surface area contributed by atoms with E-state index in [1.807, 2.05) is 0 Å². The van der Waals surface area contributed by atoms with Gasteiger partial charge in [-0.2, -0.15) is 0 Å². The molecule has 0 amide bonds. The van der Waals surface area contributed by atoms with Crippen LogP contribution < -0.4 is 0 Å². The molecular weight excluding hydrogens is 138 g/mol. The molecule has 0 bridgehead atoms. The number of hydrogen-bond acceptors (Lipinski definition) is 1. The highest BCUT2D eigenvalue weighted by Crippen LogP contribution is 2.21. The zero-order valence-electron chi connectivity index (χ0n) is 8.29. The second kappa shape index (κ2) is 2.76. The summed E-state index contributed by atoms with van der Waals surface area (Å²) in [6.45, 7) is 7.71. The summed E-state index contributed by atoms with van der Waals surface area (Å²) < 4.78 is 6.80. The average Bonchev–Trinajstić information content (AvgIpc) is 1.81. The molecule has 1 saturated heterocycles. The molecule has 0 radical (unpaired) electrons. The van der Waals surface area contributed by atoms with E-state index in [1.165, 1.54) is 0 Å². The molecule has 0 aromatic rings. The Labute approximate surface area is 69.7 Å². The minimum absolute atomic E-state index is 0.397. The standard InChI is InChI=1S/C9H20NO/c1-7-6-10(4,5)8(2)9(3)11-7/h7-9H,6H2,1-5H3/q+1. The van der Waals surface area contributed by atoms with Crippen molar-refractivity contribution in [2.24, 2.45) is 0 Å². The second-order valence-corrected chi connectivity index (χ2v) is 4.35. The molecule has 1 fully saturated rings. The van der Waals surface area contributed by atoms with Gasteiger partial charge < -0.3 is 9.22 Å². The molecule has 0 N–H and O–H groups in total. The highest BCUT2D eigenvalue weighted by atomic mass is 16.5. The Kier molecular flexibility index (Phi) is 2.26. The molecule has 66 valence electrons. The number of quaternary nitrogens is 1. The molecule has 0 aromatic heterocycles. The van der Waals surface area contributed by atoms with E-state index in [0.717, 1.165) is 11.0 Å². The van der Waals surface area contributed by atoms with Gasteiger partial charge in [-0.05, 0) is 20.8 Å². The van der Waals surface area contributed by atoms with E-state index < -0.39 is 0 Å². The molecular formula is C9H20NO+. The molecule has 0 aromatic carbocycles. The van der Waals surface area contributed by atoms with Crippen LogP contribution >= 0.6 is 0 Å². The van der Waals surface area contributed by atoms with E-state index in [-0.39, 0.29) is 0 Å². The molecule has 1 aliphatic rings. The van der Waals surface area contributed by atoms with Gasteiger partial charge in [0.2, 0.25) is 0 Å². The number of morpholine rings is 1. The Morgan fingerprint density at radius 3 is 2.18 bits per heavy atom. The Balaban J connectivity index is 2.67. The molecule has 2 heteroatoms. The topological polar surface area (TPSA) is 9.23 Å². The lowest BCUT2D eigenvalue weighted by Gasteiger charge is -2.45. The summed E-state index contributed by atoms with van der Waals surface area (Å²) in [5.41, 5.74) is 0. The summed E-state index contributed by atoms with van der Waals surface area (Å²) in [5, 5.41) is 0. The van der Waals surface area contributed by atoms with Gasteiger partial charge in [0.15, 0.2) is 0 Å². The number of hydrogen-bond donors (Lipinski definition) is 0. The molecule has 11 heavy (non-hydrogen) atoms. The van der Waals surface area contributed by atoms with Gasteiger partial charge >= 0.3 is 0 Å². The van der Waals surface area contributed by atoms with Crippen LogP contribution in [0.15, 0.2) is 0 Å². The van der Waals surface area contributed by atoms with Gasteiger partial charge in [-0.1, -0.05) is 0 Å². The van der Waals surface area contributed by atoms with Gasteiger partial charge in [0.25, 0.3) is 0 Å². The predicted molar refractivity (Wildman–Crippen MR) is 46.4 cm³/mol. The molecule has 3 atom stereocenters. The van der Waals surface area contributed by atoms with E-state index in [4.69, 9.17) is 4.74 Å². The quantitative estimate of drug-likeness (QED) is 0.482. The van der Waals surface area contributed by atoms with E-state index in [0.29, 0.717) is 18.2 Å². The molecule has 2 nitrogen and oxygen atoms in total. The van der Waals surface area contributed by atoms with Crippen molar-refractivity contribution in [2.45, 2.75) is 39.0 Å². The molecule has 1 rings (SSSR count). The molecule has 0 spiro atoms. The maximum absolute atomic E-state index is 5.72. The largest absolute Gasteiger partial charge is 0.364 e. The number of nitrogens with zero attached hydrogens (tertiary/aromatic N) is 1. The summed E-state index contributed by atoms with van der Waals surface area (Å²) in [6.07, 6.45) is 0.810. The van der Waals surface area contributed by atoms with Crippen molar-refractivity contribution in [3.05, 3.63) is 0 Å². The van der Waals surface area contributed by atoms with Crippen LogP contribution in [-0.2, 0) is 4.74 Å². The molecule has 1 heterocycles. The lowest BCUT2D eigenvalue weighted by Crippen LogP contribution is -2.60. The fourth-order valence-electron chi connectivity index (χ4n) is 1.92.